The van der Waals surface area contributed by atoms with Gasteiger partial charge in [-0.25, -0.2) is 0 Å². The first-order valence-corrected chi connectivity index (χ1v) is 3.96. The van der Waals surface area contributed by atoms with Crippen molar-refractivity contribution >= 4 is 12.3 Å². The summed E-state index contributed by atoms with van der Waals surface area (Å²) in [6, 6.07) is 0. The van der Waals surface area contributed by atoms with Gasteiger partial charge in [0.15, 0.2) is 0 Å². The highest BCUT2D eigenvalue weighted by Gasteiger charge is 2.44. The molecule has 0 bridgehead atoms. The van der Waals surface area contributed by atoms with E-state index in [1.54, 1.807) is 0 Å². The Morgan fingerprint density at radius 2 is 2.27 bits per heavy atom. The molecule has 1 saturated carbocycles. The van der Waals surface area contributed by atoms with E-state index in [-0.39, 0.29) is 23.9 Å². The number of hydrogen-bond donors (Lipinski definition) is 0. The van der Waals surface area contributed by atoms with Crippen LogP contribution in [0.4, 0.5) is 0 Å². The van der Waals surface area contributed by atoms with Gasteiger partial charge in [0.25, 0.3) is 0 Å². The number of esters is 1. The molecule has 2 rings (SSSR count). The van der Waals surface area contributed by atoms with E-state index in [0.29, 0.717) is 6.42 Å². The molecule has 60 valence electrons. The van der Waals surface area contributed by atoms with Crippen molar-refractivity contribution in [3.05, 3.63) is 0 Å². The van der Waals surface area contributed by atoms with Crippen molar-refractivity contribution in [1.29, 1.82) is 0 Å². The van der Waals surface area contributed by atoms with Crippen LogP contribution in [0.3, 0.4) is 0 Å². The fraction of sp³-hybridized carbons (Fsp3) is 0.750. The van der Waals surface area contributed by atoms with Crippen LogP contribution >= 0.6 is 0 Å². The van der Waals surface area contributed by atoms with E-state index in [1.807, 2.05) is 0 Å². The van der Waals surface area contributed by atoms with Crippen LogP contribution in [0.15, 0.2) is 0 Å². The van der Waals surface area contributed by atoms with E-state index in [1.165, 1.54) is 0 Å². The molecular weight excluding hydrogens is 144 g/mol. The van der Waals surface area contributed by atoms with Gasteiger partial charge in [-0.2, -0.15) is 0 Å². The molecule has 0 radical (unpaired) electrons. The third-order valence-electron chi connectivity index (χ3n) is 2.67. The summed E-state index contributed by atoms with van der Waals surface area (Å²) in [7, 11) is 0. The van der Waals surface area contributed by atoms with Gasteiger partial charge in [-0.1, -0.05) is 0 Å². The molecule has 0 aromatic rings. The largest absolute Gasteiger partial charge is 0.462 e. The van der Waals surface area contributed by atoms with Gasteiger partial charge >= 0.3 is 5.97 Å². The summed E-state index contributed by atoms with van der Waals surface area (Å²) in [5, 5.41) is 0. The molecule has 0 N–H and O–H groups in total. The summed E-state index contributed by atoms with van der Waals surface area (Å²) < 4.78 is 5.02. The molecule has 1 unspecified atom stereocenters. The minimum absolute atomic E-state index is 0.0534. The molecule has 0 aromatic carbocycles. The lowest BCUT2D eigenvalue weighted by atomic mass is 9.95. The van der Waals surface area contributed by atoms with Crippen molar-refractivity contribution in [1.82, 2.24) is 0 Å². The van der Waals surface area contributed by atoms with Gasteiger partial charge in [-0.05, 0) is 12.8 Å². The molecule has 1 heterocycles. The number of fused-ring (bicyclic) bond motifs is 1. The highest BCUT2D eigenvalue weighted by molar-refractivity contribution is 5.73. The lowest BCUT2D eigenvalue weighted by Crippen LogP contribution is -2.14. The molecule has 2 fully saturated rings. The first-order valence-electron chi connectivity index (χ1n) is 3.96. The minimum Gasteiger partial charge on any atom is -0.462 e. The normalized spacial score (nSPS) is 41.8. The molecular formula is C8H10O3. The first kappa shape index (κ1) is 6.83. The lowest BCUT2D eigenvalue weighted by molar-refractivity contribution is -0.141. The average molecular weight is 154 g/mol. The van der Waals surface area contributed by atoms with Crippen LogP contribution in [-0.2, 0) is 14.3 Å². The molecule has 3 atom stereocenters. The second kappa shape index (κ2) is 2.32. The van der Waals surface area contributed by atoms with Crippen molar-refractivity contribution in [3.63, 3.8) is 0 Å². The summed E-state index contributed by atoms with van der Waals surface area (Å²) in [4.78, 5) is 21.3. The van der Waals surface area contributed by atoms with Crippen molar-refractivity contribution in [2.75, 3.05) is 0 Å². The third-order valence-corrected chi connectivity index (χ3v) is 2.67. The zero-order valence-corrected chi connectivity index (χ0v) is 6.16. The van der Waals surface area contributed by atoms with Gasteiger partial charge in [-0.15, -0.1) is 0 Å². The SMILES string of the molecule is O=CC1CC[C@@H]2OC(=O)C[C@H]12. The predicted molar refractivity (Wildman–Crippen MR) is 36.8 cm³/mol. The molecule has 2 aliphatic rings. The molecule has 1 saturated heterocycles. The topological polar surface area (TPSA) is 43.4 Å². The Balaban J connectivity index is 2.12. The van der Waals surface area contributed by atoms with Crippen LogP contribution in [0.25, 0.3) is 0 Å². The molecule has 0 amide bonds. The first-order chi connectivity index (χ1) is 5.31. The maximum Gasteiger partial charge on any atom is 0.306 e. The smallest absolute Gasteiger partial charge is 0.306 e. The number of aldehydes is 1. The highest BCUT2D eigenvalue weighted by atomic mass is 16.5. The summed E-state index contributed by atoms with van der Waals surface area (Å²) >= 11 is 0. The zero-order valence-electron chi connectivity index (χ0n) is 6.16. The van der Waals surface area contributed by atoms with Crippen LogP contribution in [0.5, 0.6) is 0 Å². The Labute approximate surface area is 64.7 Å². The van der Waals surface area contributed by atoms with Crippen LogP contribution in [0, 0.1) is 11.8 Å². The second-order valence-electron chi connectivity index (χ2n) is 3.27. The van der Waals surface area contributed by atoms with Crippen molar-refractivity contribution in [2.45, 2.75) is 25.4 Å². The van der Waals surface area contributed by atoms with Gasteiger partial charge in [-0.3, -0.25) is 4.79 Å². The van der Waals surface area contributed by atoms with Gasteiger partial charge in [0, 0.05) is 11.8 Å². The maximum atomic E-state index is 10.8. The molecule has 11 heavy (non-hydrogen) atoms. The van der Waals surface area contributed by atoms with E-state index in [0.717, 1.165) is 19.1 Å². The van der Waals surface area contributed by atoms with Gasteiger partial charge in [0.05, 0.1) is 6.42 Å². The number of carbonyl (C=O) groups is 2. The fourth-order valence-corrected chi connectivity index (χ4v) is 2.07. The molecule has 3 heteroatoms. The Morgan fingerprint density at radius 1 is 1.45 bits per heavy atom. The fourth-order valence-electron chi connectivity index (χ4n) is 2.07. The maximum absolute atomic E-state index is 10.8. The van der Waals surface area contributed by atoms with Crippen molar-refractivity contribution in [2.24, 2.45) is 11.8 Å². The van der Waals surface area contributed by atoms with E-state index >= 15 is 0 Å². The lowest BCUT2D eigenvalue weighted by Gasteiger charge is -2.07. The van der Waals surface area contributed by atoms with E-state index < -0.39 is 0 Å². The van der Waals surface area contributed by atoms with E-state index in [2.05, 4.69) is 0 Å². The molecule has 0 aromatic heterocycles. The quantitative estimate of drug-likeness (QED) is 0.408. The zero-order chi connectivity index (χ0) is 7.84. The average Bonchev–Trinajstić information content (AvgIpc) is 2.45. The molecule has 3 nitrogen and oxygen atoms in total. The number of hydrogen-bond acceptors (Lipinski definition) is 3. The predicted octanol–water partition coefficient (Wildman–Crippen LogP) is 0.527. The molecule has 0 spiro atoms. The van der Waals surface area contributed by atoms with Crippen molar-refractivity contribution in [3.8, 4) is 0 Å². The standard InChI is InChI=1S/C8H10O3/c9-4-5-1-2-7-6(5)3-8(10)11-7/h4-7H,1-3H2/t5?,6-,7+/m1/s1. The van der Waals surface area contributed by atoms with Gasteiger partial charge in [0.2, 0.25) is 0 Å². The van der Waals surface area contributed by atoms with Crippen LogP contribution in [0.1, 0.15) is 19.3 Å². The third kappa shape index (κ3) is 0.951. The van der Waals surface area contributed by atoms with Gasteiger partial charge in [0.1, 0.15) is 12.4 Å². The molecule has 1 aliphatic carbocycles. The van der Waals surface area contributed by atoms with Crippen LogP contribution in [-0.4, -0.2) is 18.4 Å². The van der Waals surface area contributed by atoms with Crippen LogP contribution in [0.2, 0.25) is 0 Å². The van der Waals surface area contributed by atoms with E-state index in [9.17, 15) is 9.59 Å². The second-order valence-corrected chi connectivity index (χ2v) is 3.27. The van der Waals surface area contributed by atoms with Crippen molar-refractivity contribution < 1.29 is 14.3 Å². The summed E-state index contributed by atoms with van der Waals surface area (Å²) in [5.74, 6) is 0.137. The number of ether oxygens (including phenoxy) is 1. The minimum atomic E-state index is -0.133. The Bertz CT molecular complexity index is 200. The number of carbonyl (C=O) groups excluding carboxylic acids is 2. The Morgan fingerprint density at radius 3 is 3.00 bits per heavy atom. The van der Waals surface area contributed by atoms with Crippen LogP contribution < -0.4 is 0 Å². The summed E-state index contributed by atoms with van der Waals surface area (Å²) in [6.07, 6.45) is 3.24. The summed E-state index contributed by atoms with van der Waals surface area (Å²) in [6.45, 7) is 0. The highest BCUT2D eigenvalue weighted by Crippen LogP contribution is 2.39. The summed E-state index contributed by atoms with van der Waals surface area (Å²) in [5.41, 5.74) is 0. The molecule has 1 aliphatic heterocycles. The van der Waals surface area contributed by atoms with Gasteiger partial charge < -0.3 is 9.53 Å². The Hall–Kier alpha value is -0.860. The Kier molecular flexibility index (Phi) is 1.44. The monoisotopic (exact) mass is 154 g/mol. The van der Waals surface area contributed by atoms with E-state index in [4.69, 9.17) is 4.74 Å². The number of rotatable bonds is 1.